The number of carbonyl (C=O) groups is 2. The second kappa shape index (κ2) is 7.82. The second-order valence-corrected chi connectivity index (χ2v) is 7.28. The van der Waals surface area contributed by atoms with E-state index in [0.29, 0.717) is 12.5 Å². The first-order valence-corrected chi connectivity index (χ1v) is 9.25. The summed E-state index contributed by atoms with van der Waals surface area (Å²) in [5, 5.41) is 3.05. The van der Waals surface area contributed by atoms with Crippen LogP contribution in [0.25, 0.3) is 0 Å². The molecule has 1 aliphatic carbocycles. The highest BCUT2D eigenvalue weighted by atomic mass is 16.2. The first-order chi connectivity index (χ1) is 11.6. The van der Waals surface area contributed by atoms with Gasteiger partial charge in [-0.1, -0.05) is 29.8 Å². The van der Waals surface area contributed by atoms with Gasteiger partial charge in [0, 0.05) is 31.5 Å². The van der Waals surface area contributed by atoms with Crippen molar-refractivity contribution in [3.05, 3.63) is 35.4 Å². The van der Waals surface area contributed by atoms with Crippen LogP contribution < -0.4 is 5.32 Å². The number of hydrogen-bond donors (Lipinski definition) is 1. The van der Waals surface area contributed by atoms with Crippen LogP contribution in [0, 0.1) is 18.8 Å². The van der Waals surface area contributed by atoms with E-state index >= 15 is 0 Å². The molecule has 3 rings (SSSR count). The third-order valence-electron chi connectivity index (χ3n) is 5.45. The molecule has 0 spiro atoms. The first kappa shape index (κ1) is 17.0. The van der Waals surface area contributed by atoms with Crippen molar-refractivity contribution >= 4 is 11.8 Å². The van der Waals surface area contributed by atoms with Gasteiger partial charge in [0.15, 0.2) is 0 Å². The molecule has 0 unspecified atom stereocenters. The summed E-state index contributed by atoms with van der Waals surface area (Å²) in [6.45, 7) is 4.50. The van der Waals surface area contributed by atoms with E-state index in [2.05, 4.69) is 36.5 Å². The number of likely N-dealkylation sites (tertiary alicyclic amines) is 1. The molecule has 1 aliphatic heterocycles. The van der Waals surface area contributed by atoms with Crippen LogP contribution in [0.1, 0.15) is 49.7 Å². The molecule has 1 N–H and O–H groups in total. The minimum absolute atomic E-state index is 0.0677. The Morgan fingerprint density at radius 3 is 2.21 bits per heavy atom. The minimum Gasteiger partial charge on any atom is -0.352 e. The van der Waals surface area contributed by atoms with Crippen LogP contribution in [0.4, 0.5) is 0 Å². The molecule has 4 nitrogen and oxygen atoms in total. The second-order valence-electron chi connectivity index (χ2n) is 7.28. The summed E-state index contributed by atoms with van der Waals surface area (Å²) in [6.07, 6.45) is 5.68. The molecule has 4 heteroatoms. The van der Waals surface area contributed by atoms with Crippen LogP contribution in [-0.2, 0) is 16.1 Å². The molecule has 1 aromatic carbocycles. The van der Waals surface area contributed by atoms with E-state index in [4.69, 9.17) is 0 Å². The molecule has 0 aromatic heterocycles. The van der Waals surface area contributed by atoms with Gasteiger partial charge in [-0.3, -0.25) is 9.59 Å². The number of nitrogens with zero attached hydrogens (tertiary/aromatic N) is 1. The van der Waals surface area contributed by atoms with E-state index in [1.54, 1.807) is 0 Å². The van der Waals surface area contributed by atoms with Gasteiger partial charge >= 0.3 is 0 Å². The Bertz CT molecular complexity index is 568. The Morgan fingerprint density at radius 2 is 1.58 bits per heavy atom. The minimum atomic E-state index is 0.0677. The Morgan fingerprint density at radius 1 is 1.00 bits per heavy atom. The molecular formula is C20H28N2O2. The predicted octanol–water partition coefficient (Wildman–Crippen LogP) is 3.04. The fourth-order valence-corrected chi connectivity index (χ4v) is 3.84. The lowest BCUT2D eigenvalue weighted by Gasteiger charge is -2.29. The largest absolute Gasteiger partial charge is 0.352 e. The Hall–Kier alpha value is -1.84. The van der Waals surface area contributed by atoms with Gasteiger partial charge in [-0.25, -0.2) is 0 Å². The molecule has 24 heavy (non-hydrogen) atoms. The standard InChI is InChI=1S/C20H28N2O2/c1-15-4-6-16(7-5-15)14-21-19(23)17-8-10-18(11-9-17)20(24)22-12-2-3-13-22/h4-7,17-18H,2-3,8-14H2,1H3,(H,21,23). The lowest BCUT2D eigenvalue weighted by atomic mass is 9.81. The third kappa shape index (κ3) is 4.16. The van der Waals surface area contributed by atoms with Crippen LogP contribution >= 0.6 is 0 Å². The summed E-state index contributed by atoms with van der Waals surface area (Å²) in [5.74, 6) is 0.677. The van der Waals surface area contributed by atoms with Gasteiger partial charge in [0.1, 0.15) is 0 Å². The van der Waals surface area contributed by atoms with Crippen molar-refractivity contribution in [1.82, 2.24) is 10.2 Å². The number of carbonyl (C=O) groups excluding carboxylic acids is 2. The van der Waals surface area contributed by atoms with Gasteiger partial charge in [-0.2, -0.15) is 0 Å². The molecule has 0 atom stereocenters. The summed E-state index contributed by atoms with van der Waals surface area (Å²) in [5.41, 5.74) is 2.36. The Kier molecular flexibility index (Phi) is 5.54. The SMILES string of the molecule is Cc1ccc(CNC(=O)C2CCC(C(=O)N3CCCC3)CC2)cc1. The molecule has 1 saturated carbocycles. The highest BCUT2D eigenvalue weighted by Gasteiger charge is 2.32. The van der Waals surface area contributed by atoms with Crippen LogP contribution in [0.15, 0.2) is 24.3 Å². The van der Waals surface area contributed by atoms with Crippen LogP contribution in [0.2, 0.25) is 0 Å². The first-order valence-electron chi connectivity index (χ1n) is 9.25. The fourth-order valence-electron chi connectivity index (χ4n) is 3.84. The van der Waals surface area contributed by atoms with Crippen LogP contribution in [0.3, 0.4) is 0 Å². The van der Waals surface area contributed by atoms with Crippen molar-refractivity contribution in [3.8, 4) is 0 Å². The normalized spacial score (nSPS) is 24.0. The topological polar surface area (TPSA) is 49.4 Å². The molecule has 2 fully saturated rings. The maximum Gasteiger partial charge on any atom is 0.225 e. The zero-order valence-electron chi connectivity index (χ0n) is 14.6. The van der Waals surface area contributed by atoms with Crippen molar-refractivity contribution < 1.29 is 9.59 Å². The molecule has 2 amide bonds. The Labute approximate surface area is 144 Å². The van der Waals surface area contributed by atoms with Crippen molar-refractivity contribution in [1.29, 1.82) is 0 Å². The molecule has 1 heterocycles. The van der Waals surface area contributed by atoms with E-state index in [1.807, 2.05) is 4.90 Å². The number of rotatable bonds is 4. The fraction of sp³-hybridized carbons (Fsp3) is 0.600. The number of nitrogens with one attached hydrogen (secondary N) is 1. The summed E-state index contributed by atoms with van der Waals surface area (Å²) in [6, 6.07) is 8.25. The number of benzene rings is 1. The Balaban J connectivity index is 1.43. The maximum atomic E-state index is 12.4. The molecule has 1 aromatic rings. The van der Waals surface area contributed by atoms with E-state index in [9.17, 15) is 9.59 Å². The summed E-state index contributed by atoms with van der Waals surface area (Å²) < 4.78 is 0. The van der Waals surface area contributed by atoms with E-state index < -0.39 is 0 Å². The average molecular weight is 328 g/mol. The van der Waals surface area contributed by atoms with Crippen LogP contribution in [-0.4, -0.2) is 29.8 Å². The van der Waals surface area contributed by atoms with Gasteiger partial charge in [0.2, 0.25) is 11.8 Å². The highest BCUT2D eigenvalue weighted by Crippen LogP contribution is 2.31. The van der Waals surface area contributed by atoms with E-state index in [0.717, 1.165) is 57.2 Å². The van der Waals surface area contributed by atoms with Crippen LogP contribution in [0.5, 0.6) is 0 Å². The van der Waals surface area contributed by atoms with E-state index in [1.165, 1.54) is 5.56 Å². The number of amides is 2. The highest BCUT2D eigenvalue weighted by molar-refractivity contribution is 5.81. The summed E-state index contributed by atoms with van der Waals surface area (Å²) in [7, 11) is 0. The summed E-state index contributed by atoms with van der Waals surface area (Å²) in [4.78, 5) is 26.8. The molecule has 0 radical (unpaired) electrons. The number of aryl methyl sites for hydroxylation is 1. The predicted molar refractivity (Wildman–Crippen MR) is 94.3 cm³/mol. The average Bonchev–Trinajstić information content (AvgIpc) is 3.15. The van der Waals surface area contributed by atoms with Gasteiger partial charge < -0.3 is 10.2 Å². The molecule has 2 aliphatic rings. The van der Waals surface area contributed by atoms with Crippen molar-refractivity contribution in [2.24, 2.45) is 11.8 Å². The quantitative estimate of drug-likeness (QED) is 0.923. The molecule has 0 bridgehead atoms. The van der Waals surface area contributed by atoms with Gasteiger partial charge in [0.25, 0.3) is 0 Å². The summed E-state index contributed by atoms with van der Waals surface area (Å²) >= 11 is 0. The van der Waals surface area contributed by atoms with Crippen molar-refractivity contribution in [2.45, 2.75) is 52.0 Å². The van der Waals surface area contributed by atoms with Gasteiger partial charge in [-0.15, -0.1) is 0 Å². The third-order valence-corrected chi connectivity index (χ3v) is 5.45. The molecule has 130 valence electrons. The van der Waals surface area contributed by atoms with Crippen molar-refractivity contribution in [3.63, 3.8) is 0 Å². The zero-order chi connectivity index (χ0) is 16.9. The van der Waals surface area contributed by atoms with Crippen molar-refractivity contribution in [2.75, 3.05) is 13.1 Å². The van der Waals surface area contributed by atoms with Gasteiger partial charge in [0.05, 0.1) is 0 Å². The lowest BCUT2D eigenvalue weighted by Crippen LogP contribution is -2.38. The zero-order valence-corrected chi connectivity index (χ0v) is 14.6. The monoisotopic (exact) mass is 328 g/mol. The smallest absolute Gasteiger partial charge is 0.225 e. The maximum absolute atomic E-state index is 12.4. The molecular weight excluding hydrogens is 300 g/mol. The number of hydrogen-bond acceptors (Lipinski definition) is 2. The van der Waals surface area contributed by atoms with Gasteiger partial charge in [-0.05, 0) is 51.0 Å². The molecule has 1 saturated heterocycles. The lowest BCUT2D eigenvalue weighted by molar-refractivity contribution is -0.137. The van der Waals surface area contributed by atoms with E-state index in [-0.39, 0.29) is 17.7 Å².